The van der Waals surface area contributed by atoms with Gasteiger partial charge in [0.25, 0.3) is 5.91 Å². The predicted octanol–water partition coefficient (Wildman–Crippen LogP) is 2.72. The van der Waals surface area contributed by atoms with Crippen molar-refractivity contribution >= 4 is 34.8 Å². The number of rotatable bonds is 8. The number of fused-ring (bicyclic) bond motifs is 1. The third-order valence-corrected chi connectivity index (χ3v) is 6.05. The summed E-state index contributed by atoms with van der Waals surface area (Å²) in [7, 11) is 0. The third kappa shape index (κ3) is 5.27. The van der Waals surface area contributed by atoms with Crippen LogP contribution in [0.15, 0.2) is 79.1 Å². The summed E-state index contributed by atoms with van der Waals surface area (Å²) in [5, 5.41) is 11.8. The molecule has 11 nitrogen and oxygen atoms in total. The number of carboxylic acids is 1. The fourth-order valence-electron chi connectivity index (χ4n) is 4.18. The second kappa shape index (κ2) is 10.4. The van der Waals surface area contributed by atoms with Gasteiger partial charge in [0, 0.05) is 30.2 Å². The number of aliphatic carboxylic acids is 1. The van der Waals surface area contributed by atoms with Crippen LogP contribution in [-0.4, -0.2) is 42.4 Å². The first-order chi connectivity index (χ1) is 18.8. The predicted molar refractivity (Wildman–Crippen MR) is 144 cm³/mol. The van der Waals surface area contributed by atoms with Gasteiger partial charge in [-0.15, -0.1) is 0 Å². The van der Waals surface area contributed by atoms with Crippen molar-refractivity contribution in [3.8, 4) is 17.1 Å². The molecule has 0 radical (unpaired) electrons. The number of amides is 2. The molecule has 2 aromatic carbocycles. The van der Waals surface area contributed by atoms with Gasteiger partial charge in [0.15, 0.2) is 11.5 Å². The lowest BCUT2D eigenvalue weighted by Crippen LogP contribution is -2.23. The van der Waals surface area contributed by atoms with Crippen LogP contribution in [0, 0.1) is 0 Å². The number of nitrogens with one attached hydrogen (secondary N) is 1. The molecule has 39 heavy (non-hydrogen) atoms. The molecule has 0 saturated carbocycles. The number of primary amides is 1. The number of pyridine rings is 2. The third-order valence-electron chi connectivity index (χ3n) is 6.05. The van der Waals surface area contributed by atoms with E-state index in [1.54, 1.807) is 48.7 Å². The van der Waals surface area contributed by atoms with Crippen molar-refractivity contribution in [3.05, 3.63) is 101 Å². The summed E-state index contributed by atoms with van der Waals surface area (Å²) in [5.74, 6) is -1.10. The van der Waals surface area contributed by atoms with Gasteiger partial charge in [-0.3, -0.25) is 19.0 Å². The Labute approximate surface area is 222 Å². The number of nitrogen functional groups attached to an aromatic ring is 1. The molecule has 3 heterocycles. The van der Waals surface area contributed by atoms with Crippen LogP contribution in [0.3, 0.4) is 0 Å². The highest BCUT2D eigenvalue weighted by Crippen LogP contribution is 2.30. The molecule has 0 atom stereocenters. The smallest absolute Gasteiger partial charge is 0.307 e. The molecule has 0 bridgehead atoms. The number of benzene rings is 2. The van der Waals surface area contributed by atoms with Crippen LogP contribution in [0.25, 0.3) is 28.2 Å². The molecule has 0 spiro atoms. The van der Waals surface area contributed by atoms with Crippen LogP contribution in [-0.2, 0) is 17.8 Å². The maximum absolute atomic E-state index is 12.6. The number of nitrogens with two attached hydrogens (primary N) is 2. The maximum atomic E-state index is 12.6. The number of nitrogens with zero attached hydrogens (tertiary/aromatic N) is 4. The van der Waals surface area contributed by atoms with Crippen LogP contribution in [0.5, 0.6) is 0 Å². The molecule has 0 aliphatic carbocycles. The molecular weight excluding hydrogens is 498 g/mol. The fraction of sp³-hybridized carbons (Fsp3) is 0.0714. The SMILES string of the molecule is NC(=O)c1cnc2c(c1)nc(-c1cccnc1N)n2-c1ccc(CNC(=O)c2cccc(CC(=O)O)c2)cc1. The minimum absolute atomic E-state index is 0.156. The highest BCUT2D eigenvalue weighted by Gasteiger charge is 2.19. The first-order valence-electron chi connectivity index (χ1n) is 11.9. The van der Waals surface area contributed by atoms with Crippen LogP contribution in [0.2, 0.25) is 0 Å². The standard InChI is InChI=1S/C28H23N7O4/c29-24-21(5-2-10-31-24)26-34-22-13-19(25(30)38)15-32-27(22)35(26)20-8-6-16(7-9-20)14-33-28(39)18-4-1-3-17(11-18)12-23(36)37/h1-11,13,15H,12,14H2,(H2,29,31)(H2,30,38)(H,33,39)(H,36,37). The van der Waals surface area contributed by atoms with Gasteiger partial charge in [-0.2, -0.15) is 0 Å². The fourth-order valence-corrected chi connectivity index (χ4v) is 4.18. The summed E-state index contributed by atoms with van der Waals surface area (Å²) in [6.07, 6.45) is 2.83. The Bertz CT molecular complexity index is 1730. The number of imidazole rings is 1. The van der Waals surface area contributed by atoms with Gasteiger partial charge in [0.1, 0.15) is 11.3 Å². The van der Waals surface area contributed by atoms with E-state index in [1.807, 2.05) is 28.8 Å². The van der Waals surface area contributed by atoms with Gasteiger partial charge >= 0.3 is 5.97 Å². The van der Waals surface area contributed by atoms with E-state index in [1.165, 1.54) is 6.20 Å². The maximum Gasteiger partial charge on any atom is 0.307 e. The molecule has 0 unspecified atom stereocenters. The first-order valence-corrected chi connectivity index (χ1v) is 11.9. The van der Waals surface area contributed by atoms with E-state index in [0.717, 1.165) is 11.3 Å². The van der Waals surface area contributed by atoms with Gasteiger partial charge in [-0.05, 0) is 53.6 Å². The summed E-state index contributed by atoms with van der Waals surface area (Å²) in [6.45, 7) is 0.260. The molecule has 194 valence electrons. The first kappa shape index (κ1) is 25.1. The van der Waals surface area contributed by atoms with E-state index >= 15 is 0 Å². The van der Waals surface area contributed by atoms with E-state index in [4.69, 9.17) is 16.6 Å². The zero-order chi connectivity index (χ0) is 27.5. The van der Waals surface area contributed by atoms with Crippen LogP contribution in [0.4, 0.5) is 5.82 Å². The molecule has 2 amide bonds. The van der Waals surface area contributed by atoms with E-state index in [2.05, 4.69) is 20.3 Å². The van der Waals surface area contributed by atoms with Crippen LogP contribution >= 0.6 is 0 Å². The quantitative estimate of drug-likeness (QED) is 0.241. The Kier molecular flexibility index (Phi) is 6.70. The number of aromatic nitrogens is 4. The second-order valence-electron chi connectivity index (χ2n) is 8.76. The zero-order valence-corrected chi connectivity index (χ0v) is 20.5. The van der Waals surface area contributed by atoms with Crippen molar-refractivity contribution in [1.82, 2.24) is 24.8 Å². The lowest BCUT2D eigenvalue weighted by atomic mass is 10.1. The van der Waals surface area contributed by atoms with E-state index in [9.17, 15) is 14.4 Å². The van der Waals surface area contributed by atoms with Crippen LogP contribution < -0.4 is 16.8 Å². The van der Waals surface area contributed by atoms with Gasteiger partial charge in [0.05, 0.1) is 17.5 Å². The molecular formula is C28H23N7O4. The highest BCUT2D eigenvalue weighted by atomic mass is 16.4. The number of carboxylic acid groups (broad SMARTS) is 1. The molecule has 5 rings (SSSR count). The average molecular weight is 522 g/mol. The second-order valence-corrected chi connectivity index (χ2v) is 8.76. The molecule has 0 fully saturated rings. The Morgan fingerprint density at radius 2 is 1.72 bits per heavy atom. The van der Waals surface area contributed by atoms with E-state index in [-0.39, 0.29) is 30.3 Å². The number of hydrogen-bond donors (Lipinski definition) is 4. The van der Waals surface area contributed by atoms with E-state index in [0.29, 0.717) is 33.7 Å². The monoisotopic (exact) mass is 521 g/mol. The van der Waals surface area contributed by atoms with Crippen molar-refractivity contribution in [2.24, 2.45) is 5.73 Å². The van der Waals surface area contributed by atoms with E-state index < -0.39 is 11.9 Å². The summed E-state index contributed by atoms with van der Waals surface area (Å²) in [5.41, 5.74) is 15.9. The average Bonchev–Trinajstić information content (AvgIpc) is 3.30. The molecule has 3 aromatic heterocycles. The lowest BCUT2D eigenvalue weighted by molar-refractivity contribution is -0.136. The Hall–Kier alpha value is -5.58. The summed E-state index contributed by atoms with van der Waals surface area (Å²) < 4.78 is 1.81. The molecule has 5 aromatic rings. The van der Waals surface area contributed by atoms with Crippen molar-refractivity contribution in [2.45, 2.75) is 13.0 Å². The largest absolute Gasteiger partial charge is 0.481 e. The molecule has 0 aliphatic rings. The van der Waals surface area contributed by atoms with Crippen LogP contribution in [0.1, 0.15) is 31.8 Å². The number of carbonyl (C=O) groups is 3. The van der Waals surface area contributed by atoms with Gasteiger partial charge in [-0.1, -0.05) is 24.3 Å². The summed E-state index contributed by atoms with van der Waals surface area (Å²) in [6, 6.07) is 19.1. The van der Waals surface area contributed by atoms with Gasteiger partial charge in [0.2, 0.25) is 5.91 Å². The van der Waals surface area contributed by atoms with Crippen molar-refractivity contribution < 1.29 is 19.5 Å². The topological polar surface area (TPSA) is 179 Å². The normalized spacial score (nSPS) is 10.9. The summed E-state index contributed by atoms with van der Waals surface area (Å²) >= 11 is 0. The summed E-state index contributed by atoms with van der Waals surface area (Å²) in [4.78, 5) is 48.6. The molecule has 11 heteroatoms. The highest BCUT2D eigenvalue weighted by molar-refractivity contribution is 5.96. The zero-order valence-electron chi connectivity index (χ0n) is 20.5. The van der Waals surface area contributed by atoms with Gasteiger partial charge in [-0.25, -0.2) is 15.0 Å². The van der Waals surface area contributed by atoms with Crippen molar-refractivity contribution in [3.63, 3.8) is 0 Å². The van der Waals surface area contributed by atoms with Crippen molar-refractivity contribution in [1.29, 1.82) is 0 Å². The minimum Gasteiger partial charge on any atom is -0.481 e. The van der Waals surface area contributed by atoms with Gasteiger partial charge < -0.3 is 21.9 Å². The molecule has 0 saturated heterocycles. The number of anilines is 1. The molecule has 6 N–H and O–H groups in total. The number of carbonyl (C=O) groups excluding carboxylic acids is 2. The Morgan fingerprint density at radius 1 is 0.923 bits per heavy atom. The Morgan fingerprint density at radius 3 is 2.44 bits per heavy atom. The number of hydrogen-bond acceptors (Lipinski definition) is 7. The lowest BCUT2D eigenvalue weighted by Gasteiger charge is -2.11. The van der Waals surface area contributed by atoms with Crippen molar-refractivity contribution in [2.75, 3.05) is 5.73 Å². The Balaban J connectivity index is 1.43. The molecule has 0 aliphatic heterocycles. The minimum atomic E-state index is -0.962.